The highest BCUT2D eigenvalue weighted by molar-refractivity contribution is 7.09. The molecule has 1 N–H and O–H groups in total. The Bertz CT molecular complexity index is 883. The van der Waals surface area contributed by atoms with Crippen LogP contribution in [-0.4, -0.2) is 50.2 Å². The Balaban J connectivity index is 1.61. The van der Waals surface area contributed by atoms with Crippen LogP contribution >= 0.6 is 11.3 Å². The summed E-state index contributed by atoms with van der Waals surface area (Å²) < 4.78 is 48.7. The number of hydrogen-bond acceptors (Lipinski definition) is 5. The Hall–Kier alpha value is -2.49. The van der Waals surface area contributed by atoms with Crippen LogP contribution < -0.4 is 14.8 Å². The van der Waals surface area contributed by atoms with Crippen molar-refractivity contribution in [1.82, 2.24) is 15.2 Å². The summed E-state index contributed by atoms with van der Waals surface area (Å²) in [6.07, 6.45) is -3.17. The Kier molecular flexibility index (Phi) is 6.51. The van der Waals surface area contributed by atoms with Crippen molar-refractivity contribution in [2.24, 2.45) is 4.99 Å². The van der Waals surface area contributed by atoms with Gasteiger partial charge in [-0.3, -0.25) is 4.99 Å². The van der Waals surface area contributed by atoms with E-state index in [0.717, 1.165) is 35.2 Å². The van der Waals surface area contributed by atoms with Crippen molar-refractivity contribution < 1.29 is 22.6 Å². The minimum absolute atomic E-state index is 0.398. The molecule has 0 saturated carbocycles. The monoisotopic (exact) mass is 428 g/mol. The summed E-state index contributed by atoms with van der Waals surface area (Å²) in [5, 5.41) is 4.72. The van der Waals surface area contributed by atoms with E-state index in [4.69, 9.17) is 9.47 Å². The molecule has 2 heterocycles. The molecule has 0 bridgehead atoms. The number of aliphatic imine (C=N–C) groups is 1. The lowest BCUT2D eigenvalue weighted by molar-refractivity contribution is -0.140. The molecule has 0 fully saturated rings. The molecular formula is C19H23F3N4O2S. The fraction of sp³-hybridized carbons (Fsp3) is 0.474. The number of methoxy groups -OCH3 is 2. The summed E-state index contributed by atoms with van der Waals surface area (Å²) in [4.78, 5) is 10.1. The molecule has 29 heavy (non-hydrogen) atoms. The Morgan fingerprint density at radius 2 is 1.93 bits per heavy atom. The number of nitrogens with one attached hydrogen (secondary N) is 1. The molecule has 0 radical (unpaired) electrons. The fourth-order valence-electron chi connectivity index (χ4n) is 3.23. The SMILES string of the molecule is CN=C(NCCc1nc(C(F)(F)F)cs1)N1CCc2cc(OC)c(OC)cc2C1. The summed E-state index contributed by atoms with van der Waals surface area (Å²) in [5.74, 6) is 2.10. The van der Waals surface area contributed by atoms with Gasteiger partial charge in [0.25, 0.3) is 0 Å². The molecule has 1 aromatic heterocycles. The van der Waals surface area contributed by atoms with Crippen molar-refractivity contribution in [1.29, 1.82) is 0 Å². The number of aromatic nitrogens is 1. The number of benzene rings is 1. The molecule has 1 aliphatic rings. The van der Waals surface area contributed by atoms with Gasteiger partial charge in [0.15, 0.2) is 23.2 Å². The standard InChI is InChI=1S/C19H23F3N4O2S/c1-23-18(24-6-4-17-25-16(11-29-17)19(20,21)22)26-7-5-12-8-14(27-2)15(28-3)9-13(12)10-26/h8-9,11H,4-7,10H2,1-3H3,(H,23,24). The lowest BCUT2D eigenvalue weighted by atomic mass is 9.99. The average Bonchev–Trinajstić information content (AvgIpc) is 3.19. The van der Waals surface area contributed by atoms with Gasteiger partial charge in [0.2, 0.25) is 0 Å². The van der Waals surface area contributed by atoms with Crippen molar-refractivity contribution in [2.75, 3.05) is 34.4 Å². The molecule has 2 aromatic rings. The number of ether oxygens (including phenoxy) is 2. The molecule has 10 heteroatoms. The molecule has 0 unspecified atom stereocenters. The number of hydrogen-bond donors (Lipinski definition) is 1. The minimum atomic E-state index is -4.40. The van der Waals surface area contributed by atoms with E-state index in [1.165, 1.54) is 5.56 Å². The van der Waals surface area contributed by atoms with Crippen LogP contribution in [0.4, 0.5) is 13.2 Å². The number of guanidine groups is 1. The highest BCUT2D eigenvalue weighted by Crippen LogP contribution is 2.33. The molecule has 0 atom stereocenters. The number of halogens is 3. The van der Waals surface area contributed by atoms with E-state index >= 15 is 0 Å². The van der Waals surface area contributed by atoms with E-state index in [1.807, 2.05) is 12.1 Å². The molecule has 1 aromatic carbocycles. The van der Waals surface area contributed by atoms with Gasteiger partial charge in [0, 0.05) is 38.5 Å². The highest BCUT2D eigenvalue weighted by atomic mass is 32.1. The summed E-state index contributed by atoms with van der Waals surface area (Å²) >= 11 is 1.02. The predicted octanol–water partition coefficient (Wildman–Crippen LogP) is 3.36. The van der Waals surface area contributed by atoms with E-state index in [9.17, 15) is 13.2 Å². The zero-order chi connectivity index (χ0) is 21.0. The molecule has 1 aliphatic heterocycles. The fourth-order valence-corrected chi connectivity index (χ4v) is 4.04. The third-order valence-electron chi connectivity index (χ3n) is 4.69. The van der Waals surface area contributed by atoms with Gasteiger partial charge in [-0.25, -0.2) is 4.98 Å². The van der Waals surface area contributed by atoms with Crippen LogP contribution in [0, 0.1) is 0 Å². The van der Waals surface area contributed by atoms with E-state index in [-0.39, 0.29) is 0 Å². The first kappa shape index (κ1) is 21.2. The molecule has 0 spiro atoms. The molecule has 6 nitrogen and oxygen atoms in total. The van der Waals surface area contributed by atoms with E-state index in [2.05, 4.69) is 20.2 Å². The van der Waals surface area contributed by atoms with Crippen molar-refractivity contribution in [3.8, 4) is 11.5 Å². The molecule has 158 valence electrons. The molecule has 0 aliphatic carbocycles. The summed E-state index contributed by atoms with van der Waals surface area (Å²) in [7, 11) is 4.91. The normalized spacial score (nSPS) is 14.6. The highest BCUT2D eigenvalue weighted by Gasteiger charge is 2.33. The number of thiazole rings is 1. The van der Waals surface area contributed by atoms with E-state index < -0.39 is 11.9 Å². The molecule has 0 amide bonds. The molecular weight excluding hydrogens is 405 g/mol. The average molecular weight is 428 g/mol. The maximum Gasteiger partial charge on any atom is 0.434 e. The van der Waals surface area contributed by atoms with Crippen LogP contribution in [0.5, 0.6) is 11.5 Å². The van der Waals surface area contributed by atoms with Crippen LogP contribution in [0.3, 0.4) is 0 Å². The Morgan fingerprint density at radius 3 is 2.52 bits per heavy atom. The number of rotatable bonds is 5. The van der Waals surface area contributed by atoms with Crippen LogP contribution in [0.25, 0.3) is 0 Å². The van der Waals surface area contributed by atoms with Gasteiger partial charge in [-0.2, -0.15) is 13.2 Å². The lowest BCUT2D eigenvalue weighted by Crippen LogP contribution is -2.44. The van der Waals surface area contributed by atoms with Gasteiger partial charge in [0.1, 0.15) is 0 Å². The molecule has 0 saturated heterocycles. The van der Waals surface area contributed by atoms with Crippen molar-refractivity contribution >= 4 is 17.3 Å². The second-order valence-electron chi connectivity index (χ2n) is 6.50. The predicted molar refractivity (Wildman–Crippen MR) is 106 cm³/mol. The van der Waals surface area contributed by atoms with Crippen molar-refractivity contribution in [3.63, 3.8) is 0 Å². The van der Waals surface area contributed by atoms with Crippen LogP contribution in [0.15, 0.2) is 22.5 Å². The maximum atomic E-state index is 12.7. The van der Waals surface area contributed by atoms with Gasteiger partial charge < -0.3 is 19.7 Å². The largest absolute Gasteiger partial charge is 0.493 e. The number of nitrogens with zero attached hydrogens (tertiary/aromatic N) is 3. The Labute approximate surface area is 171 Å². The second kappa shape index (κ2) is 8.89. The topological polar surface area (TPSA) is 59.0 Å². The van der Waals surface area contributed by atoms with Crippen LogP contribution in [0.2, 0.25) is 0 Å². The maximum absolute atomic E-state index is 12.7. The van der Waals surface area contributed by atoms with Gasteiger partial charge in [-0.1, -0.05) is 0 Å². The van der Waals surface area contributed by atoms with Gasteiger partial charge in [-0.05, 0) is 29.7 Å². The first-order valence-electron chi connectivity index (χ1n) is 9.06. The second-order valence-corrected chi connectivity index (χ2v) is 7.44. The summed E-state index contributed by atoms with van der Waals surface area (Å²) in [5.41, 5.74) is 1.50. The molecule has 3 rings (SSSR count). The number of fused-ring (bicyclic) bond motifs is 1. The Morgan fingerprint density at radius 1 is 1.24 bits per heavy atom. The van der Waals surface area contributed by atoms with Crippen molar-refractivity contribution in [2.45, 2.75) is 25.6 Å². The first-order valence-corrected chi connectivity index (χ1v) is 9.94. The zero-order valence-electron chi connectivity index (χ0n) is 16.5. The van der Waals surface area contributed by atoms with Gasteiger partial charge >= 0.3 is 6.18 Å². The van der Waals surface area contributed by atoms with E-state index in [1.54, 1.807) is 21.3 Å². The van der Waals surface area contributed by atoms with Crippen LogP contribution in [-0.2, 0) is 25.6 Å². The smallest absolute Gasteiger partial charge is 0.434 e. The summed E-state index contributed by atoms with van der Waals surface area (Å²) in [6.45, 7) is 1.88. The van der Waals surface area contributed by atoms with Crippen molar-refractivity contribution in [3.05, 3.63) is 39.3 Å². The minimum Gasteiger partial charge on any atom is -0.493 e. The number of alkyl halides is 3. The summed E-state index contributed by atoms with van der Waals surface area (Å²) in [6, 6.07) is 3.98. The quantitative estimate of drug-likeness (QED) is 0.585. The first-order chi connectivity index (χ1) is 13.9. The van der Waals surface area contributed by atoms with Gasteiger partial charge in [-0.15, -0.1) is 11.3 Å². The van der Waals surface area contributed by atoms with E-state index in [0.29, 0.717) is 42.0 Å². The zero-order valence-corrected chi connectivity index (χ0v) is 17.3. The lowest BCUT2D eigenvalue weighted by Gasteiger charge is -2.32. The van der Waals surface area contributed by atoms with Crippen LogP contribution in [0.1, 0.15) is 21.8 Å². The third-order valence-corrected chi connectivity index (χ3v) is 5.60. The van der Waals surface area contributed by atoms with Gasteiger partial charge in [0.05, 0.1) is 19.2 Å². The third kappa shape index (κ3) is 4.92.